The number of nitrogens with zero attached hydrogens (tertiary/aromatic N) is 1. The number of esters is 1. The van der Waals surface area contributed by atoms with E-state index < -0.39 is 23.0 Å². The molecule has 0 aliphatic rings. The molecule has 5 heteroatoms. The summed E-state index contributed by atoms with van der Waals surface area (Å²) in [5, 5.41) is 0. The van der Waals surface area contributed by atoms with Gasteiger partial charge in [-0.3, -0.25) is 9.78 Å². The van der Waals surface area contributed by atoms with Gasteiger partial charge in [-0.1, -0.05) is 12.1 Å². The quantitative estimate of drug-likeness (QED) is 0.795. The van der Waals surface area contributed by atoms with Crippen molar-refractivity contribution in [3.05, 3.63) is 65.5 Å². The molecule has 2 rings (SSSR count). The van der Waals surface area contributed by atoms with Crippen LogP contribution in [0.1, 0.15) is 25.0 Å². The largest absolute Gasteiger partial charge is 0.465 e. The van der Waals surface area contributed by atoms with Crippen molar-refractivity contribution in [2.45, 2.75) is 25.7 Å². The summed E-state index contributed by atoms with van der Waals surface area (Å²) in [5.41, 5.74) is 0.0598. The molecular weight excluding hydrogens is 288 g/mol. The van der Waals surface area contributed by atoms with Gasteiger partial charge in [0.25, 0.3) is 0 Å². The zero-order chi connectivity index (χ0) is 16.2. The normalized spacial score (nSPS) is 13.5. The molecule has 116 valence electrons. The van der Waals surface area contributed by atoms with Crippen LogP contribution in [0, 0.1) is 11.6 Å². The monoisotopic (exact) mass is 305 g/mol. The van der Waals surface area contributed by atoms with Crippen molar-refractivity contribution in [3.8, 4) is 0 Å². The molecule has 2 aromatic rings. The van der Waals surface area contributed by atoms with Gasteiger partial charge in [0.1, 0.15) is 0 Å². The van der Waals surface area contributed by atoms with Crippen molar-refractivity contribution in [1.82, 2.24) is 4.98 Å². The van der Waals surface area contributed by atoms with Gasteiger partial charge in [0.2, 0.25) is 0 Å². The lowest BCUT2D eigenvalue weighted by molar-refractivity contribution is -0.149. The minimum absolute atomic E-state index is 0.213. The van der Waals surface area contributed by atoms with Crippen LogP contribution in [0.15, 0.2) is 42.7 Å². The highest BCUT2D eigenvalue weighted by molar-refractivity contribution is 5.83. The number of carbonyl (C=O) groups excluding carboxylic acids is 1. The Balaban J connectivity index is 2.44. The van der Waals surface area contributed by atoms with Gasteiger partial charge in [-0.05, 0) is 49.6 Å². The van der Waals surface area contributed by atoms with Crippen LogP contribution < -0.4 is 0 Å². The zero-order valence-electron chi connectivity index (χ0n) is 12.5. The van der Waals surface area contributed by atoms with Gasteiger partial charge in [0.15, 0.2) is 11.6 Å². The lowest BCUT2D eigenvalue weighted by Crippen LogP contribution is -2.37. The van der Waals surface area contributed by atoms with Gasteiger partial charge in [-0.25, -0.2) is 8.78 Å². The van der Waals surface area contributed by atoms with Crippen molar-refractivity contribution in [3.63, 3.8) is 0 Å². The first-order valence-electron chi connectivity index (χ1n) is 6.99. The molecule has 3 nitrogen and oxygen atoms in total. The van der Waals surface area contributed by atoms with Crippen molar-refractivity contribution in [2.24, 2.45) is 0 Å². The van der Waals surface area contributed by atoms with Crippen LogP contribution in [-0.4, -0.2) is 17.6 Å². The molecule has 0 aliphatic carbocycles. The van der Waals surface area contributed by atoms with Crippen molar-refractivity contribution < 1.29 is 18.3 Å². The molecule has 1 heterocycles. The SMILES string of the molecule is CCOC(=O)C(C)(Cc1cccnc1)c1ccc(F)c(F)c1. The third-order valence-electron chi connectivity index (χ3n) is 3.56. The third-order valence-corrected chi connectivity index (χ3v) is 3.56. The lowest BCUT2D eigenvalue weighted by Gasteiger charge is -2.28. The van der Waals surface area contributed by atoms with Gasteiger partial charge >= 0.3 is 5.97 Å². The molecule has 0 radical (unpaired) electrons. The first-order chi connectivity index (χ1) is 10.5. The maximum absolute atomic E-state index is 13.6. The summed E-state index contributed by atoms with van der Waals surface area (Å²) >= 11 is 0. The Morgan fingerprint density at radius 3 is 2.64 bits per heavy atom. The summed E-state index contributed by atoms with van der Waals surface area (Å²) < 4.78 is 31.8. The van der Waals surface area contributed by atoms with E-state index >= 15 is 0 Å². The average Bonchev–Trinajstić information content (AvgIpc) is 2.51. The summed E-state index contributed by atoms with van der Waals surface area (Å²) in [7, 11) is 0. The van der Waals surface area contributed by atoms with E-state index in [-0.39, 0.29) is 13.0 Å². The number of hydrogen-bond acceptors (Lipinski definition) is 3. The Labute approximate surface area is 128 Å². The summed E-state index contributed by atoms with van der Waals surface area (Å²) in [5.74, 6) is -2.42. The highest BCUT2D eigenvalue weighted by atomic mass is 19.2. The molecule has 0 saturated heterocycles. The topological polar surface area (TPSA) is 39.2 Å². The van der Waals surface area contributed by atoms with Gasteiger partial charge < -0.3 is 4.74 Å². The predicted octanol–water partition coefficient (Wildman–Crippen LogP) is 3.42. The first kappa shape index (κ1) is 16.1. The number of hydrogen-bond donors (Lipinski definition) is 0. The Kier molecular flexibility index (Phi) is 4.85. The van der Waals surface area contributed by atoms with Crippen LogP contribution in [0.25, 0.3) is 0 Å². The highest BCUT2D eigenvalue weighted by Crippen LogP contribution is 2.30. The molecule has 0 saturated carbocycles. The molecule has 0 aliphatic heterocycles. The third kappa shape index (κ3) is 3.30. The zero-order valence-corrected chi connectivity index (χ0v) is 12.5. The Morgan fingerprint density at radius 1 is 1.27 bits per heavy atom. The predicted molar refractivity (Wildman–Crippen MR) is 78.3 cm³/mol. The molecule has 22 heavy (non-hydrogen) atoms. The smallest absolute Gasteiger partial charge is 0.316 e. The van der Waals surface area contributed by atoms with E-state index in [2.05, 4.69) is 4.98 Å². The summed E-state index contributed by atoms with van der Waals surface area (Å²) in [6.45, 7) is 3.57. The molecule has 0 fully saturated rings. The molecule has 1 aromatic carbocycles. The van der Waals surface area contributed by atoms with E-state index in [0.717, 1.165) is 17.7 Å². The Bertz CT molecular complexity index is 661. The molecule has 1 unspecified atom stereocenters. The molecule has 1 aromatic heterocycles. The minimum Gasteiger partial charge on any atom is -0.465 e. The van der Waals surface area contributed by atoms with Gasteiger partial charge in [0, 0.05) is 12.4 Å². The number of aromatic nitrogens is 1. The fourth-order valence-corrected chi connectivity index (χ4v) is 2.33. The van der Waals surface area contributed by atoms with E-state index in [9.17, 15) is 13.6 Å². The van der Waals surface area contributed by atoms with Crippen molar-refractivity contribution in [1.29, 1.82) is 0 Å². The number of ether oxygens (including phenoxy) is 1. The van der Waals surface area contributed by atoms with Gasteiger partial charge in [-0.15, -0.1) is 0 Å². The van der Waals surface area contributed by atoms with E-state index in [1.165, 1.54) is 6.07 Å². The standard InChI is InChI=1S/C17H17F2NO2/c1-3-22-16(21)17(2,10-12-5-4-8-20-11-12)13-6-7-14(18)15(19)9-13/h4-9,11H,3,10H2,1-2H3. The fraction of sp³-hybridized carbons (Fsp3) is 0.294. The lowest BCUT2D eigenvalue weighted by atomic mass is 9.77. The van der Waals surface area contributed by atoms with Crippen LogP contribution in [0.3, 0.4) is 0 Å². The molecule has 1 atom stereocenters. The van der Waals surface area contributed by atoms with E-state index in [1.54, 1.807) is 32.3 Å². The number of pyridine rings is 1. The molecular formula is C17H17F2NO2. The minimum atomic E-state index is -1.12. The highest BCUT2D eigenvalue weighted by Gasteiger charge is 2.37. The maximum atomic E-state index is 13.6. The van der Waals surface area contributed by atoms with Crippen LogP contribution >= 0.6 is 0 Å². The number of halogens is 2. The molecule has 0 N–H and O–H groups in total. The van der Waals surface area contributed by atoms with E-state index in [1.807, 2.05) is 6.07 Å². The van der Waals surface area contributed by atoms with Crippen LogP contribution in [0.5, 0.6) is 0 Å². The first-order valence-corrected chi connectivity index (χ1v) is 6.99. The van der Waals surface area contributed by atoms with Crippen molar-refractivity contribution in [2.75, 3.05) is 6.61 Å². The maximum Gasteiger partial charge on any atom is 0.316 e. The summed E-state index contributed by atoms with van der Waals surface area (Å²) in [6, 6.07) is 7.05. The second-order valence-electron chi connectivity index (χ2n) is 5.22. The van der Waals surface area contributed by atoms with E-state index in [4.69, 9.17) is 4.74 Å². The number of carbonyl (C=O) groups is 1. The number of rotatable bonds is 5. The molecule has 0 bridgehead atoms. The summed E-state index contributed by atoms with van der Waals surface area (Å²) in [4.78, 5) is 16.4. The van der Waals surface area contributed by atoms with Crippen molar-refractivity contribution >= 4 is 5.97 Å². The Hall–Kier alpha value is -2.30. The summed E-state index contributed by atoms with van der Waals surface area (Å²) in [6.07, 6.45) is 3.55. The Morgan fingerprint density at radius 2 is 2.05 bits per heavy atom. The average molecular weight is 305 g/mol. The van der Waals surface area contributed by atoms with Crippen LogP contribution in [0.4, 0.5) is 8.78 Å². The second kappa shape index (κ2) is 6.64. The van der Waals surface area contributed by atoms with Crippen LogP contribution in [-0.2, 0) is 21.4 Å². The van der Waals surface area contributed by atoms with Gasteiger partial charge in [0.05, 0.1) is 12.0 Å². The molecule has 0 amide bonds. The van der Waals surface area contributed by atoms with Gasteiger partial charge in [-0.2, -0.15) is 0 Å². The van der Waals surface area contributed by atoms with Crippen LogP contribution in [0.2, 0.25) is 0 Å². The second-order valence-corrected chi connectivity index (χ2v) is 5.22. The van der Waals surface area contributed by atoms with E-state index in [0.29, 0.717) is 5.56 Å². The fourth-order valence-electron chi connectivity index (χ4n) is 2.33. The number of benzene rings is 1. The molecule has 0 spiro atoms.